The van der Waals surface area contributed by atoms with Gasteiger partial charge in [-0.1, -0.05) is 0 Å². The van der Waals surface area contributed by atoms with Gasteiger partial charge in [-0.05, 0) is 6.42 Å². The molecule has 1 aliphatic heterocycles. The number of hydrogen-bond acceptors (Lipinski definition) is 6. The third-order valence-corrected chi connectivity index (χ3v) is 3.47. The van der Waals surface area contributed by atoms with Crippen molar-refractivity contribution in [1.29, 1.82) is 0 Å². The van der Waals surface area contributed by atoms with Crippen molar-refractivity contribution < 1.29 is 19.1 Å². The summed E-state index contributed by atoms with van der Waals surface area (Å²) in [6.07, 6.45) is 2.97. The van der Waals surface area contributed by atoms with Gasteiger partial charge < -0.3 is 14.4 Å². The van der Waals surface area contributed by atoms with E-state index in [0.29, 0.717) is 6.61 Å². The average molecular weight is 273 g/mol. The van der Waals surface area contributed by atoms with Crippen LogP contribution in [0.4, 0.5) is 0 Å². The van der Waals surface area contributed by atoms with Crippen LogP contribution in [-0.2, 0) is 19.1 Å². The maximum Gasteiger partial charge on any atom is 0.331 e. The molecule has 0 atom stereocenters. The number of carbonyl (C=O) groups is 2. The molecule has 1 heterocycles. The summed E-state index contributed by atoms with van der Waals surface area (Å²) in [5.41, 5.74) is 0. The largest absolute Gasteiger partial charge is 0.466 e. The van der Waals surface area contributed by atoms with Crippen molar-refractivity contribution in [3.05, 3.63) is 12.2 Å². The fraction of sp³-hybridized carbons (Fsp3) is 0.667. The van der Waals surface area contributed by atoms with Crippen LogP contribution in [-0.4, -0.2) is 61.7 Å². The molecule has 6 heteroatoms. The van der Waals surface area contributed by atoms with Gasteiger partial charge in [0.05, 0.1) is 13.7 Å². The first-order chi connectivity index (χ1) is 8.72. The van der Waals surface area contributed by atoms with Gasteiger partial charge in [0.15, 0.2) is 0 Å². The van der Waals surface area contributed by atoms with Crippen LogP contribution in [0.2, 0.25) is 0 Å². The van der Waals surface area contributed by atoms with Crippen LogP contribution in [0.1, 0.15) is 6.42 Å². The van der Waals surface area contributed by atoms with E-state index >= 15 is 0 Å². The van der Waals surface area contributed by atoms with Gasteiger partial charge in [0.25, 0.3) is 0 Å². The van der Waals surface area contributed by atoms with Crippen LogP contribution < -0.4 is 0 Å². The topological polar surface area (TPSA) is 55.8 Å². The van der Waals surface area contributed by atoms with Crippen molar-refractivity contribution in [2.45, 2.75) is 6.42 Å². The molecule has 0 aliphatic carbocycles. The summed E-state index contributed by atoms with van der Waals surface area (Å²) in [6, 6.07) is 0. The number of ether oxygens (including phenoxy) is 2. The zero-order chi connectivity index (χ0) is 13.2. The first kappa shape index (κ1) is 15.0. The number of nitrogens with zero attached hydrogens (tertiary/aromatic N) is 1. The Labute approximate surface area is 111 Å². The van der Waals surface area contributed by atoms with Crippen LogP contribution in [0.3, 0.4) is 0 Å². The minimum Gasteiger partial charge on any atom is -0.466 e. The predicted octanol–water partition coefficient (Wildman–Crippen LogP) is 0.698. The molecular weight excluding hydrogens is 254 g/mol. The third kappa shape index (κ3) is 6.66. The van der Waals surface area contributed by atoms with Gasteiger partial charge in [-0.25, -0.2) is 9.59 Å². The molecule has 0 bridgehead atoms. The molecule has 0 aromatic rings. The summed E-state index contributed by atoms with van der Waals surface area (Å²) in [5, 5.41) is 0. The molecule has 1 aliphatic rings. The zero-order valence-electron chi connectivity index (χ0n) is 10.6. The fourth-order valence-corrected chi connectivity index (χ4v) is 2.52. The monoisotopic (exact) mass is 273 g/mol. The van der Waals surface area contributed by atoms with Gasteiger partial charge >= 0.3 is 11.9 Å². The second-order valence-electron chi connectivity index (χ2n) is 3.83. The van der Waals surface area contributed by atoms with Gasteiger partial charge in [0.2, 0.25) is 0 Å². The lowest BCUT2D eigenvalue weighted by atomic mass is 10.4. The molecule has 0 amide bonds. The van der Waals surface area contributed by atoms with Gasteiger partial charge in [0.1, 0.15) is 0 Å². The molecule has 0 saturated carbocycles. The van der Waals surface area contributed by atoms with E-state index in [4.69, 9.17) is 4.74 Å². The van der Waals surface area contributed by atoms with Gasteiger partial charge in [-0.3, -0.25) is 0 Å². The minimum absolute atomic E-state index is 0.383. The van der Waals surface area contributed by atoms with E-state index in [1.54, 1.807) is 0 Å². The Morgan fingerprint density at radius 2 is 1.89 bits per heavy atom. The fourth-order valence-electron chi connectivity index (χ4n) is 1.54. The number of thioether (sulfide) groups is 1. The Balaban J connectivity index is 2.04. The highest BCUT2D eigenvalue weighted by Gasteiger charge is 2.09. The SMILES string of the molecule is COC(=O)/C=C/C(=O)OCCCN1CCSCC1. The summed E-state index contributed by atoms with van der Waals surface area (Å²) < 4.78 is 9.33. The van der Waals surface area contributed by atoms with Crippen LogP contribution in [0.5, 0.6) is 0 Å². The highest BCUT2D eigenvalue weighted by molar-refractivity contribution is 7.99. The smallest absolute Gasteiger partial charge is 0.331 e. The molecule has 5 nitrogen and oxygen atoms in total. The Morgan fingerprint density at radius 3 is 2.56 bits per heavy atom. The van der Waals surface area contributed by atoms with Gasteiger partial charge in [-0.2, -0.15) is 11.8 Å². The molecule has 102 valence electrons. The molecule has 18 heavy (non-hydrogen) atoms. The third-order valence-electron chi connectivity index (χ3n) is 2.52. The Hall–Kier alpha value is -1.01. The lowest BCUT2D eigenvalue weighted by molar-refractivity contribution is -0.139. The van der Waals surface area contributed by atoms with Crippen molar-refractivity contribution in [3.8, 4) is 0 Å². The van der Waals surface area contributed by atoms with Crippen LogP contribution in [0.15, 0.2) is 12.2 Å². The number of hydrogen-bond donors (Lipinski definition) is 0. The van der Waals surface area contributed by atoms with Gasteiger partial charge in [-0.15, -0.1) is 0 Å². The first-order valence-corrected chi connectivity index (χ1v) is 7.10. The Kier molecular flexibility index (Phi) is 7.52. The van der Waals surface area contributed by atoms with E-state index in [9.17, 15) is 9.59 Å². The molecular formula is C12H19NO4S. The van der Waals surface area contributed by atoms with E-state index in [1.165, 1.54) is 18.6 Å². The van der Waals surface area contributed by atoms with E-state index in [-0.39, 0.29) is 0 Å². The quantitative estimate of drug-likeness (QED) is 0.403. The molecule has 0 aromatic heterocycles. The van der Waals surface area contributed by atoms with Crippen LogP contribution >= 0.6 is 11.8 Å². The van der Waals surface area contributed by atoms with Gasteiger partial charge in [0, 0.05) is 43.3 Å². The van der Waals surface area contributed by atoms with Crippen LogP contribution in [0.25, 0.3) is 0 Å². The summed E-state index contributed by atoms with van der Waals surface area (Å²) >= 11 is 1.97. The standard InChI is InChI=1S/C12H19NO4S/c1-16-11(14)3-4-12(15)17-8-2-5-13-6-9-18-10-7-13/h3-4H,2,5-10H2,1H3/b4-3+. The van der Waals surface area contributed by atoms with Crippen molar-refractivity contribution in [3.63, 3.8) is 0 Å². The van der Waals surface area contributed by atoms with E-state index in [0.717, 1.165) is 38.2 Å². The molecule has 0 unspecified atom stereocenters. The van der Waals surface area contributed by atoms with E-state index in [2.05, 4.69) is 9.64 Å². The molecule has 1 fully saturated rings. The summed E-state index contributed by atoms with van der Waals surface area (Å²) in [7, 11) is 1.26. The zero-order valence-corrected chi connectivity index (χ0v) is 11.4. The highest BCUT2D eigenvalue weighted by Crippen LogP contribution is 2.08. The Bertz CT molecular complexity index is 300. The number of carbonyl (C=O) groups excluding carboxylic acids is 2. The van der Waals surface area contributed by atoms with Crippen molar-refractivity contribution in [1.82, 2.24) is 4.90 Å². The second kappa shape index (κ2) is 8.99. The number of methoxy groups -OCH3 is 1. The molecule has 1 saturated heterocycles. The minimum atomic E-state index is -0.558. The molecule has 0 spiro atoms. The molecule has 0 aromatic carbocycles. The van der Waals surface area contributed by atoms with E-state index < -0.39 is 11.9 Å². The molecule has 0 radical (unpaired) electrons. The second-order valence-corrected chi connectivity index (χ2v) is 5.06. The summed E-state index contributed by atoms with van der Waals surface area (Å²) in [5.74, 6) is 1.30. The maximum atomic E-state index is 11.2. The lowest BCUT2D eigenvalue weighted by Gasteiger charge is -2.25. The lowest BCUT2D eigenvalue weighted by Crippen LogP contribution is -2.33. The average Bonchev–Trinajstić information content (AvgIpc) is 2.42. The normalized spacial score (nSPS) is 16.7. The van der Waals surface area contributed by atoms with Crippen molar-refractivity contribution in [2.24, 2.45) is 0 Å². The molecule has 0 N–H and O–H groups in total. The Morgan fingerprint density at radius 1 is 1.22 bits per heavy atom. The highest BCUT2D eigenvalue weighted by atomic mass is 32.2. The summed E-state index contributed by atoms with van der Waals surface area (Å²) in [6.45, 7) is 3.56. The van der Waals surface area contributed by atoms with Crippen LogP contribution in [0, 0.1) is 0 Å². The maximum absolute atomic E-state index is 11.2. The number of esters is 2. The predicted molar refractivity (Wildman–Crippen MR) is 70.5 cm³/mol. The van der Waals surface area contributed by atoms with Crippen molar-refractivity contribution >= 4 is 23.7 Å². The number of rotatable bonds is 6. The van der Waals surface area contributed by atoms with Crippen molar-refractivity contribution in [2.75, 3.05) is 44.9 Å². The first-order valence-electron chi connectivity index (χ1n) is 5.95. The molecule has 1 rings (SSSR count). The summed E-state index contributed by atoms with van der Waals surface area (Å²) in [4.78, 5) is 24.3. The van der Waals surface area contributed by atoms with E-state index in [1.807, 2.05) is 11.8 Å².